The van der Waals surface area contributed by atoms with E-state index < -0.39 is 0 Å². The van der Waals surface area contributed by atoms with Gasteiger partial charge in [-0.15, -0.1) is 0 Å². The van der Waals surface area contributed by atoms with E-state index in [0.29, 0.717) is 12.0 Å². The minimum atomic E-state index is 0.130. The molecule has 4 unspecified atom stereocenters. The van der Waals surface area contributed by atoms with E-state index in [2.05, 4.69) is 29.8 Å². The molecule has 0 aliphatic carbocycles. The lowest BCUT2D eigenvalue weighted by atomic mass is 9.90. The van der Waals surface area contributed by atoms with Gasteiger partial charge in [-0.2, -0.15) is 0 Å². The number of rotatable bonds is 5. The van der Waals surface area contributed by atoms with Crippen LogP contribution >= 0.6 is 0 Å². The zero-order valence-corrected chi connectivity index (χ0v) is 12.8. The number of piperidine rings is 1. The van der Waals surface area contributed by atoms with Gasteiger partial charge >= 0.3 is 0 Å². The Labute approximate surface area is 122 Å². The molecule has 112 valence electrons. The smallest absolute Gasteiger partial charge is 0.0724 e. The standard InChI is InChI=1S/C16H27N3O/c1-4-14(17)16(13-6-5-8-18-10-13)19-9-7-12(2)15(11-19)20-3/h5-6,8,10,12,14-16H,4,7,9,11,17H2,1-3H3. The molecule has 2 N–H and O–H groups in total. The molecule has 0 amide bonds. The molecule has 4 atom stereocenters. The summed E-state index contributed by atoms with van der Waals surface area (Å²) in [6, 6.07) is 4.49. The largest absolute Gasteiger partial charge is 0.380 e. The molecule has 0 bridgehead atoms. The van der Waals surface area contributed by atoms with Gasteiger partial charge in [-0.1, -0.05) is 19.9 Å². The second-order valence-electron chi connectivity index (χ2n) is 5.84. The molecule has 1 saturated heterocycles. The fourth-order valence-corrected chi connectivity index (χ4v) is 3.12. The van der Waals surface area contributed by atoms with Crippen molar-refractivity contribution in [2.45, 2.75) is 44.9 Å². The Balaban J connectivity index is 2.19. The van der Waals surface area contributed by atoms with Crippen LogP contribution in [0.2, 0.25) is 0 Å². The Morgan fingerprint density at radius 1 is 1.55 bits per heavy atom. The summed E-state index contributed by atoms with van der Waals surface area (Å²) >= 11 is 0. The average Bonchev–Trinajstić information content (AvgIpc) is 2.50. The van der Waals surface area contributed by atoms with Gasteiger partial charge in [0, 0.05) is 32.1 Å². The van der Waals surface area contributed by atoms with Gasteiger partial charge in [0.2, 0.25) is 0 Å². The summed E-state index contributed by atoms with van der Waals surface area (Å²) in [6.45, 7) is 6.44. The van der Waals surface area contributed by atoms with E-state index in [9.17, 15) is 0 Å². The van der Waals surface area contributed by atoms with E-state index in [0.717, 1.165) is 25.9 Å². The number of nitrogens with zero attached hydrogens (tertiary/aromatic N) is 2. The molecule has 1 aliphatic heterocycles. The molecule has 1 aromatic heterocycles. The molecule has 0 spiro atoms. The normalized spacial score (nSPS) is 27.2. The van der Waals surface area contributed by atoms with Crippen molar-refractivity contribution < 1.29 is 4.74 Å². The van der Waals surface area contributed by atoms with Crippen LogP contribution in [0.4, 0.5) is 0 Å². The van der Waals surface area contributed by atoms with Crippen molar-refractivity contribution in [1.82, 2.24) is 9.88 Å². The molecule has 4 heteroatoms. The third kappa shape index (κ3) is 3.37. The highest BCUT2D eigenvalue weighted by molar-refractivity contribution is 5.16. The Bertz CT molecular complexity index is 398. The van der Waals surface area contributed by atoms with E-state index in [1.807, 2.05) is 25.6 Å². The monoisotopic (exact) mass is 277 g/mol. The number of ether oxygens (including phenoxy) is 1. The molecular formula is C16H27N3O. The molecular weight excluding hydrogens is 250 g/mol. The van der Waals surface area contributed by atoms with Gasteiger partial charge in [-0.25, -0.2) is 0 Å². The molecule has 1 aliphatic rings. The predicted octanol–water partition coefficient (Wildman–Crippen LogP) is 2.22. The summed E-state index contributed by atoms with van der Waals surface area (Å²) in [4.78, 5) is 6.73. The van der Waals surface area contributed by atoms with Crippen LogP contribution < -0.4 is 5.73 Å². The van der Waals surface area contributed by atoms with Crippen LogP contribution in [0.15, 0.2) is 24.5 Å². The molecule has 0 radical (unpaired) electrons. The van der Waals surface area contributed by atoms with Gasteiger partial charge < -0.3 is 10.5 Å². The third-order valence-corrected chi connectivity index (χ3v) is 4.52. The van der Waals surface area contributed by atoms with Crippen LogP contribution in [0.3, 0.4) is 0 Å². The fraction of sp³-hybridized carbons (Fsp3) is 0.688. The minimum Gasteiger partial charge on any atom is -0.380 e. The molecule has 4 nitrogen and oxygen atoms in total. The van der Waals surface area contributed by atoms with Gasteiger partial charge in [0.1, 0.15) is 0 Å². The maximum absolute atomic E-state index is 6.39. The Kier molecular flexibility index (Phi) is 5.52. The van der Waals surface area contributed by atoms with Crippen LogP contribution in [0.1, 0.15) is 38.3 Å². The number of hydrogen-bond donors (Lipinski definition) is 1. The fourth-order valence-electron chi connectivity index (χ4n) is 3.12. The molecule has 2 rings (SSSR count). The summed E-state index contributed by atoms with van der Waals surface area (Å²) in [5.74, 6) is 0.614. The van der Waals surface area contributed by atoms with Crippen molar-refractivity contribution in [3.63, 3.8) is 0 Å². The van der Waals surface area contributed by atoms with Crippen molar-refractivity contribution >= 4 is 0 Å². The van der Waals surface area contributed by atoms with Crippen LogP contribution in [0.5, 0.6) is 0 Å². The predicted molar refractivity (Wildman–Crippen MR) is 81.4 cm³/mol. The first-order valence-electron chi connectivity index (χ1n) is 7.59. The zero-order valence-electron chi connectivity index (χ0n) is 12.8. The lowest BCUT2D eigenvalue weighted by Crippen LogP contribution is -2.49. The van der Waals surface area contributed by atoms with Crippen molar-refractivity contribution in [3.05, 3.63) is 30.1 Å². The molecule has 0 aromatic carbocycles. The number of pyridine rings is 1. The minimum absolute atomic E-state index is 0.130. The van der Waals surface area contributed by atoms with Crippen LogP contribution in [-0.2, 0) is 4.74 Å². The third-order valence-electron chi connectivity index (χ3n) is 4.52. The van der Waals surface area contributed by atoms with Crippen LogP contribution in [0, 0.1) is 5.92 Å². The molecule has 2 heterocycles. The summed E-state index contributed by atoms with van der Waals surface area (Å²) in [7, 11) is 1.81. The topological polar surface area (TPSA) is 51.4 Å². The van der Waals surface area contributed by atoms with Gasteiger partial charge in [0.15, 0.2) is 0 Å². The molecule has 0 saturated carbocycles. The lowest BCUT2D eigenvalue weighted by Gasteiger charge is -2.42. The summed E-state index contributed by atoms with van der Waals surface area (Å²) in [5.41, 5.74) is 7.61. The molecule has 20 heavy (non-hydrogen) atoms. The second kappa shape index (κ2) is 7.16. The zero-order chi connectivity index (χ0) is 14.5. The van der Waals surface area contributed by atoms with E-state index in [-0.39, 0.29) is 12.1 Å². The van der Waals surface area contributed by atoms with Gasteiger partial charge in [-0.05, 0) is 36.9 Å². The Hall–Kier alpha value is -0.970. The number of methoxy groups -OCH3 is 1. The van der Waals surface area contributed by atoms with Gasteiger partial charge in [-0.3, -0.25) is 9.88 Å². The highest BCUT2D eigenvalue weighted by Crippen LogP contribution is 2.30. The number of aromatic nitrogens is 1. The first-order chi connectivity index (χ1) is 9.67. The van der Waals surface area contributed by atoms with Crippen LogP contribution in [0.25, 0.3) is 0 Å². The lowest BCUT2D eigenvalue weighted by molar-refractivity contribution is -0.0234. The van der Waals surface area contributed by atoms with Gasteiger partial charge in [0.05, 0.1) is 12.1 Å². The quantitative estimate of drug-likeness (QED) is 0.896. The second-order valence-corrected chi connectivity index (χ2v) is 5.84. The first kappa shape index (κ1) is 15.4. The Morgan fingerprint density at radius 3 is 2.95 bits per heavy atom. The number of nitrogens with two attached hydrogens (primary N) is 1. The van der Waals surface area contributed by atoms with Crippen LogP contribution in [-0.4, -0.2) is 42.2 Å². The van der Waals surface area contributed by atoms with E-state index in [1.165, 1.54) is 5.56 Å². The SMILES string of the molecule is CCC(N)C(c1cccnc1)N1CCC(C)C(OC)C1. The Morgan fingerprint density at radius 2 is 2.35 bits per heavy atom. The maximum Gasteiger partial charge on any atom is 0.0724 e. The maximum atomic E-state index is 6.39. The van der Waals surface area contributed by atoms with E-state index in [4.69, 9.17) is 10.5 Å². The van der Waals surface area contributed by atoms with Gasteiger partial charge in [0.25, 0.3) is 0 Å². The van der Waals surface area contributed by atoms with E-state index >= 15 is 0 Å². The summed E-state index contributed by atoms with van der Waals surface area (Å²) < 4.78 is 5.63. The highest BCUT2D eigenvalue weighted by atomic mass is 16.5. The van der Waals surface area contributed by atoms with Crippen molar-refractivity contribution in [3.8, 4) is 0 Å². The van der Waals surface area contributed by atoms with Crippen molar-refractivity contribution in [2.24, 2.45) is 11.7 Å². The molecule has 1 aromatic rings. The van der Waals surface area contributed by atoms with Crippen molar-refractivity contribution in [2.75, 3.05) is 20.2 Å². The summed E-state index contributed by atoms with van der Waals surface area (Å²) in [6.07, 6.45) is 6.18. The number of likely N-dealkylation sites (tertiary alicyclic amines) is 1. The van der Waals surface area contributed by atoms with Crippen molar-refractivity contribution in [1.29, 1.82) is 0 Å². The molecule has 1 fully saturated rings. The first-order valence-corrected chi connectivity index (χ1v) is 7.59. The number of hydrogen-bond acceptors (Lipinski definition) is 4. The van der Waals surface area contributed by atoms with E-state index in [1.54, 1.807) is 0 Å². The average molecular weight is 277 g/mol. The summed E-state index contributed by atoms with van der Waals surface area (Å²) in [5, 5.41) is 0. The highest BCUT2D eigenvalue weighted by Gasteiger charge is 2.33.